The fourth-order valence-electron chi connectivity index (χ4n) is 3.12. The van der Waals surface area contributed by atoms with Crippen LogP contribution in [-0.4, -0.2) is 42.5 Å². The molecule has 0 amide bonds. The quantitative estimate of drug-likeness (QED) is 0.810. The number of nitrogens with zero attached hydrogens (tertiary/aromatic N) is 1. The van der Waals surface area contributed by atoms with Crippen LogP contribution < -0.4 is 10.1 Å². The maximum absolute atomic E-state index is 14.5. The molecule has 140 valence electrons. The van der Waals surface area contributed by atoms with E-state index in [2.05, 4.69) is 10.1 Å². The molecule has 4 nitrogen and oxygen atoms in total. The molecule has 2 aromatic rings. The summed E-state index contributed by atoms with van der Waals surface area (Å²) in [5, 5.41) is 12.7. The average Bonchev–Trinajstić information content (AvgIpc) is 2.58. The molecule has 0 spiro atoms. The van der Waals surface area contributed by atoms with Crippen LogP contribution in [0.4, 0.5) is 17.6 Å². The molecular weight excluding hydrogens is 352 g/mol. The largest absolute Gasteiger partial charge is 0.573 e. The third-order valence-corrected chi connectivity index (χ3v) is 4.22. The minimum atomic E-state index is -4.76. The summed E-state index contributed by atoms with van der Waals surface area (Å²) in [7, 11) is 0. The highest BCUT2D eigenvalue weighted by atomic mass is 19.4. The van der Waals surface area contributed by atoms with Crippen molar-refractivity contribution in [3.63, 3.8) is 0 Å². The Labute approximate surface area is 148 Å². The SMILES string of the molecule is Oc1ccc([C@@H](c2ccc(OC(F)(F)F)cc2)N2CCNCC2)c(F)c1. The van der Waals surface area contributed by atoms with Gasteiger partial charge in [0, 0.05) is 37.8 Å². The lowest BCUT2D eigenvalue weighted by Crippen LogP contribution is -2.45. The van der Waals surface area contributed by atoms with E-state index in [-0.39, 0.29) is 11.5 Å². The summed E-state index contributed by atoms with van der Waals surface area (Å²) in [5.74, 6) is -1.07. The fourth-order valence-corrected chi connectivity index (χ4v) is 3.12. The molecule has 1 fully saturated rings. The molecule has 0 radical (unpaired) electrons. The van der Waals surface area contributed by atoms with E-state index in [0.717, 1.165) is 19.2 Å². The molecule has 26 heavy (non-hydrogen) atoms. The van der Waals surface area contributed by atoms with Gasteiger partial charge in [0.25, 0.3) is 0 Å². The first kappa shape index (κ1) is 18.5. The van der Waals surface area contributed by atoms with Crippen LogP contribution in [0, 0.1) is 5.82 Å². The summed E-state index contributed by atoms with van der Waals surface area (Å²) in [6.07, 6.45) is -4.76. The fraction of sp³-hybridized carbons (Fsp3) is 0.333. The number of alkyl halides is 3. The Morgan fingerprint density at radius 3 is 2.27 bits per heavy atom. The highest BCUT2D eigenvalue weighted by molar-refractivity contribution is 5.38. The van der Waals surface area contributed by atoms with Crippen molar-refractivity contribution in [3.8, 4) is 11.5 Å². The second-order valence-electron chi connectivity index (χ2n) is 6.01. The lowest BCUT2D eigenvalue weighted by atomic mass is 9.95. The molecule has 0 aliphatic carbocycles. The van der Waals surface area contributed by atoms with Crippen molar-refractivity contribution >= 4 is 0 Å². The van der Waals surface area contributed by atoms with Crippen molar-refractivity contribution in [3.05, 3.63) is 59.4 Å². The number of rotatable bonds is 4. The van der Waals surface area contributed by atoms with Crippen molar-refractivity contribution in [2.75, 3.05) is 26.2 Å². The Morgan fingerprint density at radius 1 is 1.04 bits per heavy atom. The predicted molar refractivity (Wildman–Crippen MR) is 87.5 cm³/mol. The van der Waals surface area contributed by atoms with E-state index < -0.39 is 18.2 Å². The third kappa shape index (κ3) is 4.44. The second kappa shape index (κ2) is 7.51. The van der Waals surface area contributed by atoms with Gasteiger partial charge >= 0.3 is 6.36 Å². The molecule has 2 N–H and O–H groups in total. The standard InChI is InChI=1S/C18H18F4N2O2/c19-16-11-13(25)3-6-15(16)17(24-9-7-23-8-10-24)12-1-4-14(5-2-12)26-18(20,21)22/h1-6,11,17,23,25H,7-10H2/t17-/m1/s1. The van der Waals surface area contributed by atoms with Gasteiger partial charge in [-0.15, -0.1) is 13.2 Å². The monoisotopic (exact) mass is 370 g/mol. The van der Waals surface area contributed by atoms with Crippen molar-refractivity contribution < 1.29 is 27.4 Å². The molecule has 0 aromatic heterocycles. The van der Waals surface area contributed by atoms with Crippen LogP contribution in [0.15, 0.2) is 42.5 Å². The van der Waals surface area contributed by atoms with Crippen molar-refractivity contribution in [2.24, 2.45) is 0 Å². The Morgan fingerprint density at radius 2 is 1.69 bits per heavy atom. The summed E-state index contributed by atoms with van der Waals surface area (Å²) in [6.45, 7) is 2.77. The van der Waals surface area contributed by atoms with Crippen LogP contribution in [0.2, 0.25) is 0 Å². The highest BCUT2D eigenvalue weighted by Crippen LogP contribution is 2.33. The molecule has 0 bridgehead atoms. The van der Waals surface area contributed by atoms with Gasteiger partial charge in [-0.1, -0.05) is 18.2 Å². The lowest BCUT2D eigenvalue weighted by molar-refractivity contribution is -0.274. The van der Waals surface area contributed by atoms with E-state index in [0.29, 0.717) is 24.2 Å². The summed E-state index contributed by atoms with van der Waals surface area (Å²) in [4.78, 5) is 2.05. The summed E-state index contributed by atoms with van der Waals surface area (Å²) in [5.41, 5.74) is 1.00. The van der Waals surface area contributed by atoms with Crippen LogP contribution >= 0.6 is 0 Å². The highest BCUT2D eigenvalue weighted by Gasteiger charge is 2.31. The van der Waals surface area contributed by atoms with Gasteiger partial charge in [-0.25, -0.2) is 4.39 Å². The summed E-state index contributed by atoms with van der Waals surface area (Å²) in [6, 6.07) is 8.89. The van der Waals surface area contributed by atoms with Gasteiger partial charge < -0.3 is 15.2 Å². The number of piperazine rings is 1. The number of hydrogen-bond donors (Lipinski definition) is 2. The molecule has 1 saturated heterocycles. The molecule has 2 aromatic carbocycles. The van der Waals surface area contributed by atoms with Crippen LogP contribution in [-0.2, 0) is 0 Å². The first-order valence-corrected chi connectivity index (χ1v) is 8.12. The van der Waals surface area contributed by atoms with Gasteiger partial charge in [0.2, 0.25) is 0 Å². The zero-order chi connectivity index (χ0) is 18.7. The van der Waals surface area contributed by atoms with Gasteiger partial charge in [-0.3, -0.25) is 4.90 Å². The first-order chi connectivity index (χ1) is 12.3. The van der Waals surface area contributed by atoms with Crippen LogP contribution in [0.5, 0.6) is 11.5 Å². The van der Waals surface area contributed by atoms with Crippen molar-refractivity contribution in [1.29, 1.82) is 0 Å². The average molecular weight is 370 g/mol. The molecule has 1 aliphatic heterocycles. The molecule has 0 unspecified atom stereocenters. The number of aromatic hydroxyl groups is 1. The van der Waals surface area contributed by atoms with E-state index in [4.69, 9.17) is 0 Å². The molecule has 0 saturated carbocycles. The van der Waals surface area contributed by atoms with Crippen molar-refractivity contribution in [2.45, 2.75) is 12.4 Å². The van der Waals surface area contributed by atoms with E-state index in [1.54, 1.807) is 0 Å². The zero-order valence-corrected chi connectivity index (χ0v) is 13.8. The summed E-state index contributed by atoms with van der Waals surface area (Å²) < 4.78 is 55.4. The van der Waals surface area contributed by atoms with Crippen LogP contribution in [0.25, 0.3) is 0 Å². The Kier molecular flexibility index (Phi) is 5.33. The molecule has 1 heterocycles. The molecule has 8 heteroatoms. The number of nitrogens with one attached hydrogen (secondary N) is 1. The smallest absolute Gasteiger partial charge is 0.508 e. The molecule has 1 aliphatic rings. The van der Waals surface area contributed by atoms with E-state index in [9.17, 15) is 22.7 Å². The first-order valence-electron chi connectivity index (χ1n) is 8.12. The summed E-state index contributed by atoms with van der Waals surface area (Å²) >= 11 is 0. The van der Waals surface area contributed by atoms with Gasteiger partial charge in [-0.2, -0.15) is 0 Å². The number of halogens is 4. The van der Waals surface area contributed by atoms with Crippen molar-refractivity contribution in [1.82, 2.24) is 10.2 Å². The van der Waals surface area contributed by atoms with E-state index >= 15 is 0 Å². The molecule has 3 rings (SSSR count). The third-order valence-electron chi connectivity index (χ3n) is 4.22. The van der Waals surface area contributed by atoms with E-state index in [1.165, 1.54) is 36.4 Å². The van der Waals surface area contributed by atoms with Gasteiger partial charge in [0.05, 0.1) is 6.04 Å². The number of ether oxygens (including phenoxy) is 1. The van der Waals surface area contributed by atoms with Gasteiger partial charge in [0.15, 0.2) is 0 Å². The number of benzene rings is 2. The number of phenols is 1. The maximum atomic E-state index is 14.5. The predicted octanol–water partition coefficient (Wildman–Crippen LogP) is 3.42. The van der Waals surface area contributed by atoms with Gasteiger partial charge in [0.1, 0.15) is 17.3 Å². The van der Waals surface area contributed by atoms with Crippen LogP contribution in [0.3, 0.4) is 0 Å². The minimum absolute atomic E-state index is 0.181. The molecule has 1 atom stereocenters. The second-order valence-corrected chi connectivity index (χ2v) is 6.01. The zero-order valence-electron chi connectivity index (χ0n) is 13.8. The molecular formula is C18H18F4N2O2. The number of hydrogen-bond acceptors (Lipinski definition) is 4. The normalized spacial score (nSPS) is 17.1. The number of phenolic OH excluding ortho intramolecular Hbond substituents is 1. The minimum Gasteiger partial charge on any atom is -0.508 e. The van der Waals surface area contributed by atoms with Crippen LogP contribution in [0.1, 0.15) is 17.2 Å². The Hall–Kier alpha value is -2.32. The Bertz CT molecular complexity index is 744. The topological polar surface area (TPSA) is 44.7 Å². The van der Waals surface area contributed by atoms with E-state index in [1.807, 2.05) is 4.90 Å². The lowest BCUT2D eigenvalue weighted by Gasteiger charge is -2.35. The maximum Gasteiger partial charge on any atom is 0.573 e. The van der Waals surface area contributed by atoms with Gasteiger partial charge in [-0.05, 0) is 23.8 Å². The Balaban J connectivity index is 1.95.